The summed E-state index contributed by atoms with van der Waals surface area (Å²) in [6.45, 7) is 6.80. The van der Waals surface area contributed by atoms with Gasteiger partial charge in [0.05, 0.1) is 13.3 Å². The highest BCUT2D eigenvalue weighted by atomic mass is 32.1. The van der Waals surface area contributed by atoms with Gasteiger partial charge in [-0.15, -0.1) is 5.10 Å². The third-order valence-corrected chi connectivity index (χ3v) is 4.89. The van der Waals surface area contributed by atoms with Crippen molar-refractivity contribution in [3.8, 4) is 11.5 Å². The van der Waals surface area contributed by atoms with E-state index in [-0.39, 0.29) is 10.2 Å². The number of hydrogen-bond acceptors (Lipinski definition) is 5. The van der Waals surface area contributed by atoms with Crippen molar-refractivity contribution in [1.82, 2.24) is 14.9 Å². The Morgan fingerprint density at radius 2 is 1.78 bits per heavy atom. The molecule has 3 rings (SSSR count). The standard InChI is InChI=1S/C22H23F3N4O2S/c1-21(2,3)16-8-5-14(6-9-16)13-31-17-10-7-15(11-18(17)30-4)12-26-29-19(22(23,24)25)27-28-20(29)32/h5-12H,13H2,1-4H3,(H,28,32)/b26-12+. The minimum absolute atomic E-state index is 0.0710. The number of methoxy groups -OCH3 is 1. The lowest BCUT2D eigenvalue weighted by Crippen LogP contribution is -2.12. The van der Waals surface area contributed by atoms with E-state index in [1.165, 1.54) is 18.9 Å². The van der Waals surface area contributed by atoms with Gasteiger partial charge in [-0.05, 0) is 52.5 Å². The van der Waals surface area contributed by atoms with E-state index in [2.05, 4.69) is 48.2 Å². The van der Waals surface area contributed by atoms with Crippen LogP contribution < -0.4 is 9.47 Å². The van der Waals surface area contributed by atoms with E-state index in [0.29, 0.717) is 28.3 Å². The second kappa shape index (κ2) is 9.15. The molecule has 6 nitrogen and oxygen atoms in total. The van der Waals surface area contributed by atoms with Crippen molar-refractivity contribution < 1.29 is 22.6 Å². The van der Waals surface area contributed by atoms with Crippen LogP contribution in [-0.4, -0.2) is 28.2 Å². The number of H-pyrrole nitrogens is 1. The van der Waals surface area contributed by atoms with Crippen LogP contribution in [0.5, 0.6) is 11.5 Å². The second-order valence-electron chi connectivity index (χ2n) is 8.05. The summed E-state index contributed by atoms with van der Waals surface area (Å²) < 4.78 is 50.5. The molecule has 170 valence electrons. The molecule has 1 aromatic heterocycles. The lowest BCUT2D eigenvalue weighted by molar-refractivity contribution is -0.147. The third-order valence-electron chi connectivity index (χ3n) is 4.63. The average molecular weight is 465 g/mol. The van der Waals surface area contributed by atoms with Gasteiger partial charge >= 0.3 is 6.18 Å². The Morgan fingerprint density at radius 3 is 2.38 bits per heavy atom. The van der Waals surface area contributed by atoms with E-state index in [0.717, 1.165) is 5.56 Å². The lowest BCUT2D eigenvalue weighted by Gasteiger charge is -2.19. The highest BCUT2D eigenvalue weighted by Gasteiger charge is 2.37. The van der Waals surface area contributed by atoms with Gasteiger partial charge in [-0.1, -0.05) is 45.0 Å². The zero-order valence-electron chi connectivity index (χ0n) is 18.0. The summed E-state index contributed by atoms with van der Waals surface area (Å²) in [6.07, 6.45) is -3.45. The first-order chi connectivity index (χ1) is 15.0. The molecule has 0 aliphatic carbocycles. The van der Waals surface area contributed by atoms with Crippen LogP contribution in [0.1, 0.15) is 43.3 Å². The fraction of sp³-hybridized carbons (Fsp3) is 0.318. The molecule has 0 unspecified atom stereocenters. The maximum atomic E-state index is 13.0. The molecule has 0 atom stereocenters. The van der Waals surface area contributed by atoms with Crippen LogP contribution in [0.15, 0.2) is 47.6 Å². The molecular weight excluding hydrogens is 441 g/mol. The van der Waals surface area contributed by atoms with Crippen molar-refractivity contribution in [2.24, 2.45) is 5.10 Å². The van der Waals surface area contributed by atoms with Crippen molar-refractivity contribution in [2.75, 3.05) is 7.11 Å². The molecule has 0 saturated carbocycles. The van der Waals surface area contributed by atoms with Gasteiger partial charge in [0, 0.05) is 0 Å². The number of nitrogens with one attached hydrogen (secondary N) is 1. The van der Waals surface area contributed by atoms with E-state index in [1.54, 1.807) is 18.2 Å². The van der Waals surface area contributed by atoms with Gasteiger partial charge in [0.25, 0.3) is 5.82 Å². The molecule has 0 amide bonds. The van der Waals surface area contributed by atoms with Crippen LogP contribution in [0.2, 0.25) is 0 Å². The zero-order valence-corrected chi connectivity index (χ0v) is 18.8. The molecule has 0 saturated heterocycles. The fourth-order valence-electron chi connectivity index (χ4n) is 2.85. The van der Waals surface area contributed by atoms with Crippen LogP contribution >= 0.6 is 12.2 Å². The molecule has 0 aliphatic heterocycles. The fourth-order valence-corrected chi connectivity index (χ4v) is 3.03. The monoisotopic (exact) mass is 464 g/mol. The zero-order chi connectivity index (χ0) is 23.5. The van der Waals surface area contributed by atoms with Crippen LogP contribution in [0, 0.1) is 4.77 Å². The Balaban J connectivity index is 1.75. The summed E-state index contributed by atoms with van der Waals surface area (Å²) in [6, 6.07) is 13.1. The van der Waals surface area contributed by atoms with Crippen molar-refractivity contribution in [2.45, 2.75) is 39.0 Å². The van der Waals surface area contributed by atoms with Crippen LogP contribution in [0.25, 0.3) is 0 Å². The largest absolute Gasteiger partial charge is 0.493 e. The first kappa shape index (κ1) is 23.5. The number of hydrogen-bond donors (Lipinski definition) is 1. The first-order valence-corrected chi connectivity index (χ1v) is 10.1. The van der Waals surface area contributed by atoms with E-state index in [4.69, 9.17) is 21.7 Å². The molecule has 2 aromatic carbocycles. The van der Waals surface area contributed by atoms with Crippen LogP contribution in [0.4, 0.5) is 13.2 Å². The third kappa shape index (κ3) is 5.56. The van der Waals surface area contributed by atoms with Crippen molar-refractivity contribution in [3.05, 3.63) is 69.8 Å². The number of aromatic nitrogens is 3. The van der Waals surface area contributed by atoms with E-state index in [9.17, 15) is 13.2 Å². The van der Waals surface area contributed by atoms with Gasteiger partial charge in [0.2, 0.25) is 4.77 Å². The molecule has 3 aromatic rings. The van der Waals surface area contributed by atoms with Gasteiger partial charge in [-0.2, -0.15) is 22.9 Å². The highest BCUT2D eigenvalue weighted by molar-refractivity contribution is 7.71. The second-order valence-corrected chi connectivity index (χ2v) is 8.44. The Hall–Kier alpha value is -3.14. The lowest BCUT2D eigenvalue weighted by atomic mass is 9.87. The molecule has 0 radical (unpaired) electrons. The highest BCUT2D eigenvalue weighted by Crippen LogP contribution is 2.30. The predicted molar refractivity (Wildman–Crippen MR) is 118 cm³/mol. The molecule has 1 heterocycles. The number of halogens is 3. The molecular formula is C22H23F3N4O2S. The van der Waals surface area contributed by atoms with E-state index in [1.807, 2.05) is 12.1 Å². The van der Waals surface area contributed by atoms with E-state index >= 15 is 0 Å². The summed E-state index contributed by atoms with van der Waals surface area (Å²) >= 11 is 4.82. The summed E-state index contributed by atoms with van der Waals surface area (Å²) in [5.74, 6) is -0.310. The van der Waals surface area contributed by atoms with Gasteiger partial charge in [-0.3, -0.25) is 0 Å². The summed E-state index contributed by atoms with van der Waals surface area (Å²) in [7, 11) is 1.48. The normalized spacial score (nSPS) is 12.3. The molecule has 0 fully saturated rings. The molecule has 0 bridgehead atoms. The number of alkyl halides is 3. The molecule has 0 aliphatic rings. The topological polar surface area (TPSA) is 64.4 Å². The number of nitrogens with zero attached hydrogens (tertiary/aromatic N) is 3. The van der Waals surface area contributed by atoms with Gasteiger partial charge in [0.1, 0.15) is 6.61 Å². The van der Waals surface area contributed by atoms with Crippen LogP contribution in [0.3, 0.4) is 0 Å². The van der Waals surface area contributed by atoms with Crippen molar-refractivity contribution >= 4 is 18.4 Å². The van der Waals surface area contributed by atoms with Crippen LogP contribution in [-0.2, 0) is 18.2 Å². The summed E-state index contributed by atoms with van der Waals surface area (Å²) in [4.78, 5) is 0. The Bertz CT molecular complexity index is 1160. The Kier molecular flexibility index (Phi) is 6.73. The molecule has 10 heteroatoms. The van der Waals surface area contributed by atoms with E-state index < -0.39 is 12.0 Å². The summed E-state index contributed by atoms with van der Waals surface area (Å²) in [5.41, 5.74) is 2.80. The molecule has 1 N–H and O–H groups in total. The number of benzene rings is 2. The number of rotatable bonds is 6. The number of ether oxygens (including phenoxy) is 2. The first-order valence-electron chi connectivity index (χ1n) is 9.68. The maximum absolute atomic E-state index is 13.0. The SMILES string of the molecule is COc1cc(/C=N/n2c(C(F)(F)F)n[nH]c2=S)ccc1OCc1ccc(C(C)(C)C)cc1. The summed E-state index contributed by atoms with van der Waals surface area (Å²) in [5, 5.41) is 9.08. The average Bonchev–Trinajstić information content (AvgIpc) is 3.11. The van der Waals surface area contributed by atoms with Gasteiger partial charge < -0.3 is 9.47 Å². The molecule has 0 spiro atoms. The number of aromatic amines is 1. The molecule has 32 heavy (non-hydrogen) atoms. The smallest absolute Gasteiger partial charge is 0.453 e. The van der Waals surface area contributed by atoms with Gasteiger partial charge in [-0.25, -0.2) is 5.10 Å². The van der Waals surface area contributed by atoms with Crippen molar-refractivity contribution in [1.29, 1.82) is 0 Å². The van der Waals surface area contributed by atoms with Crippen molar-refractivity contribution in [3.63, 3.8) is 0 Å². The Labute approximate surface area is 188 Å². The minimum atomic E-state index is -4.69. The van der Waals surface area contributed by atoms with Gasteiger partial charge in [0.15, 0.2) is 11.5 Å². The predicted octanol–water partition coefficient (Wildman–Crippen LogP) is 5.73. The maximum Gasteiger partial charge on any atom is 0.453 e. The Morgan fingerprint density at radius 1 is 1.09 bits per heavy atom. The quantitative estimate of drug-likeness (QED) is 0.374. The minimum Gasteiger partial charge on any atom is -0.493 e.